The van der Waals surface area contributed by atoms with Gasteiger partial charge in [-0.3, -0.25) is 4.79 Å². The summed E-state index contributed by atoms with van der Waals surface area (Å²) in [6, 6.07) is 11.0. The molecule has 28 heavy (non-hydrogen) atoms. The summed E-state index contributed by atoms with van der Waals surface area (Å²) >= 11 is 0. The van der Waals surface area contributed by atoms with Crippen LogP contribution in [-0.2, 0) is 19.4 Å². The Bertz CT molecular complexity index is 995. The van der Waals surface area contributed by atoms with Gasteiger partial charge in [0.2, 0.25) is 0 Å². The van der Waals surface area contributed by atoms with Crippen LogP contribution in [0.1, 0.15) is 28.2 Å². The molecule has 3 rings (SSSR count). The Morgan fingerprint density at radius 3 is 2.50 bits per heavy atom. The summed E-state index contributed by atoms with van der Waals surface area (Å²) in [7, 11) is -1.54. The van der Waals surface area contributed by atoms with Crippen molar-refractivity contribution in [1.29, 1.82) is 0 Å². The Balaban J connectivity index is 1.66. The SMILES string of the molecule is Cc1cc(C(=O)OCC(=O)N(C)[C@@H]2CCS(=O)(=O)C2)c(C)n1-c1ccccc1. The van der Waals surface area contributed by atoms with E-state index in [1.807, 2.05) is 48.7 Å². The van der Waals surface area contributed by atoms with Crippen molar-refractivity contribution in [3.63, 3.8) is 0 Å². The van der Waals surface area contributed by atoms with Crippen molar-refractivity contribution >= 4 is 21.7 Å². The predicted molar refractivity (Wildman–Crippen MR) is 105 cm³/mol. The lowest BCUT2D eigenvalue weighted by Gasteiger charge is -2.23. The molecule has 0 unspecified atom stereocenters. The molecule has 1 aliphatic rings. The maximum atomic E-state index is 12.5. The second-order valence-corrected chi connectivity index (χ2v) is 9.32. The molecule has 1 saturated heterocycles. The number of para-hydroxylation sites is 1. The van der Waals surface area contributed by atoms with Crippen LogP contribution in [-0.4, -0.2) is 61.0 Å². The third-order valence-electron chi connectivity index (χ3n) is 5.14. The average molecular weight is 404 g/mol. The molecular formula is C20H24N2O5S. The van der Waals surface area contributed by atoms with Gasteiger partial charge in [0, 0.05) is 30.2 Å². The summed E-state index contributed by atoms with van der Waals surface area (Å²) in [6.45, 7) is 3.31. The van der Waals surface area contributed by atoms with Gasteiger partial charge in [-0.2, -0.15) is 0 Å². The quantitative estimate of drug-likeness (QED) is 0.711. The van der Waals surface area contributed by atoms with Gasteiger partial charge >= 0.3 is 5.97 Å². The average Bonchev–Trinajstić information content (AvgIpc) is 3.18. The number of rotatable bonds is 5. The molecular weight excluding hydrogens is 380 g/mol. The van der Waals surface area contributed by atoms with E-state index in [1.54, 1.807) is 13.1 Å². The second-order valence-electron chi connectivity index (χ2n) is 7.09. The van der Waals surface area contributed by atoms with Crippen LogP contribution in [0.3, 0.4) is 0 Å². The zero-order valence-corrected chi connectivity index (χ0v) is 17.0. The molecule has 150 valence electrons. The highest BCUT2D eigenvalue weighted by Gasteiger charge is 2.33. The van der Waals surface area contributed by atoms with E-state index in [2.05, 4.69) is 0 Å². The van der Waals surface area contributed by atoms with Gasteiger partial charge in [-0.05, 0) is 38.5 Å². The zero-order chi connectivity index (χ0) is 20.5. The highest BCUT2D eigenvalue weighted by atomic mass is 32.2. The number of benzene rings is 1. The van der Waals surface area contributed by atoms with E-state index in [1.165, 1.54) is 4.90 Å². The van der Waals surface area contributed by atoms with Crippen molar-refractivity contribution in [2.75, 3.05) is 25.2 Å². The molecule has 8 heteroatoms. The predicted octanol–water partition coefficient (Wildman–Crippen LogP) is 1.90. The van der Waals surface area contributed by atoms with E-state index in [-0.39, 0.29) is 17.5 Å². The van der Waals surface area contributed by atoms with Crippen molar-refractivity contribution in [1.82, 2.24) is 9.47 Å². The number of sulfone groups is 1. The van der Waals surface area contributed by atoms with Crippen molar-refractivity contribution in [2.45, 2.75) is 26.3 Å². The van der Waals surface area contributed by atoms with Gasteiger partial charge in [0.25, 0.3) is 5.91 Å². The van der Waals surface area contributed by atoms with E-state index >= 15 is 0 Å². The van der Waals surface area contributed by atoms with Crippen LogP contribution in [0.2, 0.25) is 0 Å². The lowest BCUT2D eigenvalue weighted by atomic mass is 10.2. The summed E-state index contributed by atoms with van der Waals surface area (Å²) in [5, 5.41) is 0. The van der Waals surface area contributed by atoms with Crippen LogP contribution in [0.15, 0.2) is 36.4 Å². The van der Waals surface area contributed by atoms with Crippen LogP contribution in [0.4, 0.5) is 0 Å². The molecule has 0 bridgehead atoms. The Morgan fingerprint density at radius 2 is 1.89 bits per heavy atom. The number of ether oxygens (including phenoxy) is 1. The van der Waals surface area contributed by atoms with E-state index < -0.39 is 28.3 Å². The van der Waals surface area contributed by atoms with Gasteiger partial charge in [-0.25, -0.2) is 13.2 Å². The molecule has 0 saturated carbocycles. The number of hydrogen-bond donors (Lipinski definition) is 0. The van der Waals surface area contributed by atoms with Crippen LogP contribution in [0, 0.1) is 13.8 Å². The highest BCUT2D eigenvalue weighted by Crippen LogP contribution is 2.21. The van der Waals surface area contributed by atoms with Gasteiger partial charge < -0.3 is 14.2 Å². The maximum absolute atomic E-state index is 12.5. The molecule has 1 aliphatic heterocycles. The third-order valence-corrected chi connectivity index (χ3v) is 6.89. The molecule has 0 N–H and O–H groups in total. The van der Waals surface area contributed by atoms with Crippen molar-refractivity contribution in [3.8, 4) is 5.69 Å². The summed E-state index contributed by atoms with van der Waals surface area (Å²) in [5.74, 6) is -0.939. The van der Waals surface area contributed by atoms with Crippen molar-refractivity contribution in [3.05, 3.63) is 53.3 Å². The maximum Gasteiger partial charge on any atom is 0.340 e. The smallest absolute Gasteiger partial charge is 0.340 e. The molecule has 2 aromatic rings. The molecule has 1 atom stereocenters. The number of carbonyl (C=O) groups is 2. The molecule has 1 aromatic carbocycles. The molecule has 1 amide bonds. The van der Waals surface area contributed by atoms with E-state index in [0.717, 1.165) is 17.1 Å². The van der Waals surface area contributed by atoms with Gasteiger partial charge in [0.1, 0.15) is 0 Å². The molecule has 7 nitrogen and oxygen atoms in total. The summed E-state index contributed by atoms with van der Waals surface area (Å²) in [4.78, 5) is 26.2. The van der Waals surface area contributed by atoms with Crippen LogP contribution >= 0.6 is 0 Å². The van der Waals surface area contributed by atoms with Crippen LogP contribution in [0.5, 0.6) is 0 Å². The number of aromatic nitrogens is 1. The number of hydrogen-bond acceptors (Lipinski definition) is 5. The summed E-state index contributed by atoms with van der Waals surface area (Å²) in [5.41, 5.74) is 2.96. The minimum atomic E-state index is -3.09. The Kier molecular flexibility index (Phi) is 5.60. The van der Waals surface area contributed by atoms with Gasteiger partial charge in [-0.1, -0.05) is 18.2 Å². The first-order chi connectivity index (χ1) is 13.2. The first kappa shape index (κ1) is 20.1. The van der Waals surface area contributed by atoms with E-state index in [9.17, 15) is 18.0 Å². The molecule has 0 spiro atoms. The number of amides is 1. The molecule has 1 aromatic heterocycles. The fraction of sp³-hybridized carbons (Fsp3) is 0.400. The van der Waals surface area contributed by atoms with Crippen LogP contribution < -0.4 is 0 Å². The largest absolute Gasteiger partial charge is 0.452 e. The molecule has 0 aliphatic carbocycles. The number of esters is 1. The Hall–Kier alpha value is -2.61. The van der Waals surface area contributed by atoms with Gasteiger partial charge in [0.15, 0.2) is 16.4 Å². The van der Waals surface area contributed by atoms with E-state index in [4.69, 9.17) is 4.74 Å². The zero-order valence-electron chi connectivity index (χ0n) is 16.2. The van der Waals surface area contributed by atoms with Crippen molar-refractivity contribution in [2.24, 2.45) is 0 Å². The molecule has 1 fully saturated rings. The molecule has 0 radical (unpaired) electrons. The fourth-order valence-corrected chi connectivity index (χ4v) is 5.31. The highest BCUT2D eigenvalue weighted by molar-refractivity contribution is 7.91. The lowest BCUT2D eigenvalue weighted by molar-refractivity contribution is -0.134. The summed E-state index contributed by atoms with van der Waals surface area (Å²) in [6.07, 6.45) is 0.413. The fourth-order valence-electron chi connectivity index (χ4n) is 3.54. The number of likely N-dealkylation sites (N-methyl/N-ethyl adjacent to an activating group) is 1. The number of aryl methyl sites for hydroxylation is 1. The third kappa shape index (κ3) is 4.11. The van der Waals surface area contributed by atoms with Crippen molar-refractivity contribution < 1.29 is 22.7 Å². The number of nitrogens with zero attached hydrogens (tertiary/aromatic N) is 2. The topological polar surface area (TPSA) is 85.7 Å². The monoisotopic (exact) mass is 404 g/mol. The molecule has 2 heterocycles. The minimum Gasteiger partial charge on any atom is -0.452 e. The van der Waals surface area contributed by atoms with E-state index in [0.29, 0.717) is 12.0 Å². The standard InChI is InChI=1S/C20H24N2O5S/c1-14-11-18(15(2)22(14)16-7-5-4-6-8-16)20(24)27-12-19(23)21(3)17-9-10-28(25,26)13-17/h4-8,11,17H,9-10,12-13H2,1-3H3/t17-/m1/s1. The van der Waals surface area contributed by atoms with Gasteiger partial charge in [0.05, 0.1) is 17.1 Å². The first-order valence-electron chi connectivity index (χ1n) is 9.07. The minimum absolute atomic E-state index is 0.0403. The normalized spacial score (nSPS) is 18.0. The number of carbonyl (C=O) groups excluding carboxylic acids is 2. The Labute approximate surface area is 164 Å². The lowest BCUT2D eigenvalue weighted by Crippen LogP contribution is -2.40. The van der Waals surface area contributed by atoms with Crippen LogP contribution in [0.25, 0.3) is 5.69 Å². The second kappa shape index (κ2) is 7.79. The van der Waals surface area contributed by atoms with Gasteiger partial charge in [-0.15, -0.1) is 0 Å². The Morgan fingerprint density at radius 1 is 1.21 bits per heavy atom. The first-order valence-corrected chi connectivity index (χ1v) is 10.9. The summed E-state index contributed by atoms with van der Waals surface area (Å²) < 4.78 is 30.3.